The van der Waals surface area contributed by atoms with Crippen LogP contribution in [0.3, 0.4) is 0 Å². The highest BCUT2D eigenvalue weighted by molar-refractivity contribution is 5.39. The van der Waals surface area contributed by atoms with Gasteiger partial charge in [-0.25, -0.2) is 0 Å². The molecule has 6 heteroatoms. The van der Waals surface area contributed by atoms with Gasteiger partial charge in [0.2, 0.25) is 0 Å². The lowest BCUT2D eigenvalue weighted by atomic mass is 10.1. The molecule has 0 aliphatic rings. The van der Waals surface area contributed by atoms with Gasteiger partial charge in [-0.2, -0.15) is 18.2 Å². The first-order valence-electron chi connectivity index (χ1n) is 7.19. The summed E-state index contributed by atoms with van der Waals surface area (Å²) in [6.45, 7) is 0.522. The van der Waals surface area contributed by atoms with Gasteiger partial charge in [-0.1, -0.05) is 18.2 Å². The number of ether oxygens (including phenoxy) is 1. The summed E-state index contributed by atoms with van der Waals surface area (Å²) in [6, 6.07) is 12.0. The molecule has 0 atom stereocenters. The summed E-state index contributed by atoms with van der Waals surface area (Å²) >= 11 is 0. The molecule has 1 N–H and O–H groups in total. The molecule has 0 aromatic heterocycles. The van der Waals surface area contributed by atoms with Gasteiger partial charge in [0.15, 0.2) is 0 Å². The highest BCUT2D eigenvalue weighted by Crippen LogP contribution is 2.32. The number of para-hydroxylation sites is 1. The van der Waals surface area contributed by atoms with Gasteiger partial charge in [0, 0.05) is 13.6 Å². The Kier molecular flexibility index (Phi) is 5.63. The van der Waals surface area contributed by atoms with Crippen LogP contribution >= 0.6 is 0 Å². The Balaban J connectivity index is 2.08. The van der Waals surface area contributed by atoms with Crippen LogP contribution < -0.4 is 4.74 Å². The molecular formula is C17H18F3NO2. The van der Waals surface area contributed by atoms with Crippen molar-refractivity contribution in [3.63, 3.8) is 0 Å². The van der Waals surface area contributed by atoms with E-state index in [-0.39, 0.29) is 0 Å². The summed E-state index contributed by atoms with van der Waals surface area (Å²) in [6.07, 6.45) is -2.92. The number of alkyl halides is 3. The van der Waals surface area contributed by atoms with E-state index >= 15 is 0 Å². The number of hydrogen-bond donors (Lipinski definition) is 1. The fourth-order valence-electron chi connectivity index (χ4n) is 2.15. The Hall–Kier alpha value is -2.05. The van der Waals surface area contributed by atoms with Crippen molar-refractivity contribution < 1.29 is 23.1 Å². The lowest BCUT2D eigenvalue weighted by molar-refractivity contribution is -0.137. The van der Waals surface area contributed by atoms with Gasteiger partial charge < -0.3 is 9.94 Å². The Morgan fingerprint density at radius 2 is 1.70 bits per heavy atom. The Morgan fingerprint density at radius 3 is 2.30 bits per heavy atom. The largest absolute Gasteiger partial charge is 0.457 e. The van der Waals surface area contributed by atoms with E-state index in [1.807, 2.05) is 12.1 Å². The molecule has 0 heterocycles. The minimum atomic E-state index is -4.35. The van der Waals surface area contributed by atoms with Crippen LogP contribution in [0.5, 0.6) is 11.5 Å². The summed E-state index contributed by atoms with van der Waals surface area (Å²) in [5, 5.41) is 10.2. The average molecular weight is 325 g/mol. The molecule has 2 rings (SSSR count). The van der Waals surface area contributed by atoms with E-state index in [2.05, 4.69) is 0 Å². The zero-order valence-electron chi connectivity index (χ0n) is 12.7. The van der Waals surface area contributed by atoms with Crippen molar-refractivity contribution >= 4 is 0 Å². The van der Waals surface area contributed by atoms with Crippen molar-refractivity contribution in [1.29, 1.82) is 0 Å². The second-order valence-corrected chi connectivity index (χ2v) is 5.22. The fraction of sp³-hybridized carbons (Fsp3) is 0.294. The molecule has 2 aromatic rings. The Morgan fingerprint density at radius 1 is 1.04 bits per heavy atom. The van der Waals surface area contributed by atoms with Crippen molar-refractivity contribution in [3.05, 3.63) is 59.7 Å². The fourth-order valence-corrected chi connectivity index (χ4v) is 2.15. The predicted octanol–water partition coefficient (Wildman–Crippen LogP) is 4.75. The van der Waals surface area contributed by atoms with Gasteiger partial charge in [-0.15, -0.1) is 0 Å². The van der Waals surface area contributed by atoms with Gasteiger partial charge in [0.05, 0.1) is 5.56 Å². The molecule has 0 aliphatic carbocycles. The normalized spacial score (nSPS) is 11.7. The van der Waals surface area contributed by atoms with Crippen LogP contribution in [0, 0.1) is 0 Å². The molecule has 0 radical (unpaired) electrons. The summed E-state index contributed by atoms with van der Waals surface area (Å²) in [4.78, 5) is 0. The Labute approximate surface area is 132 Å². The maximum Gasteiger partial charge on any atom is 0.416 e. The van der Waals surface area contributed by atoms with E-state index in [1.165, 1.54) is 12.1 Å². The molecule has 2 aromatic carbocycles. The first-order chi connectivity index (χ1) is 10.9. The minimum absolute atomic E-state index is 0.352. The third kappa shape index (κ3) is 5.26. The summed E-state index contributed by atoms with van der Waals surface area (Å²) in [5.74, 6) is 0.956. The van der Waals surface area contributed by atoms with Crippen LogP contribution in [0.25, 0.3) is 0 Å². The smallest absolute Gasteiger partial charge is 0.416 e. The number of benzene rings is 2. The second-order valence-electron chi connectivity index (χ2n) is 5.22. The van der Waals surface area contributed by atoms with Crippen molar-refractivity contribution in [3.8, 4) is 11.5 Å². The molecule has 0 fully saturated rings. The topological polar surface area (TPSA) is 32.7 Å². The number of aryl methyl sites for hydroxylation is 1. The first-order valence-corrected chi connectivity index (χ1v) is 7.19. The van der Waals surface area contributed by atoms with E-state index in [0.29, 0.717) is 24.5 Å². The molecule has 124 valence electrons. The zero-order chi connectivity index (χ0) is 16.9. The number of nitrogens with zero attached hydrogens (tertiary/aromatic N) is 1. The van der Waals surface area contributed by atoms with Gasteiger partial charge in [0.1, 0.15) is 11.5 Å². The molecule has 23 heavy (non-hydrogen) atoms. The van der Waals surface area contributed by atoms with Gasteiger partial charge in [-0.05, 0) is 48.7 Å². The number of halogens is 3. The molecule has 3 nitrogen and oxygen atoms in total. The summed E-state index contributed by atoms with van der Waals surface area (Å²) in [7, 11) is 1.57. The van der Waals surface area contributed by atoms with Crippen LogP contribution in [0.4, 0.5) is 13.2 Å². The lowest BCUT2D eigenvalue weighted by Gasteiger charge is -2.13. The molecule has 0 amide bonds. The lowest BCUT2D eigenvalue weighted by Crippen LogP contribution is -2.14. The zero-order valence-corrected chi connectivity index (χ0v) is 12.7. The Bertz CT molecular complexity index is 624. The molecule has 0 bridgehead atoms. The van der Waals surface area contributed by atoms with Gasteiger partial charge >= 0.3 is 6.18 Å². The molecule has 0 saturated carbocycles. The van der Waals surface area contributed by atoms with E-state index in [0.717, 1.165) is 29.2 Å². The highest BCUT2D eigenvalue weighted by atomic mass is 19.4. The van der Waals surface area contributed by atoms with E-state index in [1.54, 1.807) is 19.2 Å². The van der Waals surface area contributed by atoms with Crippen LogP contribution in [0.2, 0.25) is 0 Å². The molecule has 0 saturated heterocycles. The molecule has 0 spiro atoms. The SMILES string of the molecule is CN(O)CCCc1ccccc1Oc1ccc(C(F)(F)F)cc1. The van der Waals surface area contributed by atoms with Gasteiger partial charge in [-0.3, -0.25) is 0 Å². The highest BCUT2D eigenvalue weighted by Gasteiger charge is 2.30. The molecule has 0 aliphatic heterocycles. The second kappa shape index (κ2) is 7.48. The summed E-state index contributed by atoms with van der Waals surface area (Å²) < 4.78 is 43.3. The van der Waals surface area contributed by atoms with Crippen molar-refractivity contribution in [2.45, 2.75) is 19.0 Å². The van der Waals surface area contributed by atoms with Crippen LogP contribution in [0.15, 0.2) is 48.5 Å². The minimum Gasteiger partial charge on any atom is -0.457 e. The quantitative estimate of drug-likeness (QED) is 0.778. The third-order valence-electron chi connectivity index (χ3n) is 3.31. The van der Waals surface area contributed by atoms with E-state index in [4.69, 9.17) is 9.94 Å². The van der Waals surface area contributed by atoms with Crippen molar-refractivity contribution in [2.24, 2.45) is 0 Å². The average Bonchev–Trinajstić information content (AvgIpc) is 2.48. The van der Waals surface area contributed by atoms with Gasteiger partial charge in [0.25, 0.3) is 0 Å². The standard InChI is InChI=1S/C17H18F3NO2/c1-21(22)12-4-6-13-5-2-3-7-16(13)23-15-10-8-14(9-11-15)17(18,19)20/h2-3,5,7-11,22H,4,6,12H2,1H3. The van der Waals surface area contributed by atoms with Crippen LogP contribution in [-0.4, -0.2) is 23.9 Å². The molecular weight excluding hydrogens is 307 g/mol. The first kappa shape index (κ1) is 17.3. The number of rotatable bonds is 6. The van der Waals surface area contributed by atoms with Crippen molar-refractivity contribution in [1.82, 2.24) is 5.06 Å². The number of hydrogen-bond acceptors (Lipinski definition) is 3. The summed E-state index contributed by atoms with van der Waals surface area (Å²) in [5.41, 5.74) is 0.235. The predicted molar refractivity (Wildman–Crippen MR) is 80.7 cm³/mol. The maximum absolute atomic E-state index is 12.5. The van der Waals surface area contributed by atoms with Crippen LogP contribution in [0.1, 0.15) is 17.5 Å². The van der Waals surface area contributed by atoms with E-state index in [9.17, 15) is 13.2 Å². The number of hydroxylamine groups is 2. The maximum atomic E-state index is 12.5. The monoisotopic (exact) mass is 325 g/mol. The van der Waals surface area contributed by atoms with Crippen molar-refractivity contribution in [2.75, 3.05) is 13.6 Å². The van der Waals surface area contributed by atoms with Crippen LogP contribution in [-0.2, 0) is 12.6 Å². The molecule has 0 unspecified atom stereocenters. The third-order valence-corrected chi connectivity index (χ3v) is 3.31. The van der Waals surface area contributed by atoms with E-state index < -0.39 is 11.7 Å².